The van der Waals surface area contributed by atoms with Crippen LogP contribution in [-0.2, 0) is 16.1 Å². The molecule has 3 aromatic rings. The number of hydrogen-bond donors (Lipinski definition) is 1. The summed E-state index contributed by atoms with van der Waals surface area (Å²) in [7, 11) is 0. The number of aryl methyl sites for hydroxylation is 1. The lowest BCUT2D eigenvalue weighted by Crippen LogP contribution is -2.65. The Morgan fingerprint density at radius 1 is 1.21 bits per heavy atom. The molecule has 144 valence electrons. The van der Waals surface area contributed by atoms with Gasteiger partial charge in [0.25, 0.3) is 0 Å². The topological polar surface area (TPSA) is 70.0 Å². The quantitative estimate of drug-likeness (QED) is 0.730. The minimum Gasteiger partial charge on any atom is -0.345 e. The molecule has 2 aliphatic rings. The zero-order chi connectivity index (χ0) is 19.3. The van der Waals surface area contributed by atoms with E-state index in [0.717, 1.165) is 28.5 Å². The molecule has 1 atom stereocenters. The molecule has 0 spiro atoms. The molecule has 0 saturated carbocycles. The van der Waals surface area contributed by atoms with Gasteiger partial charge in [-0.15, -0.1) is 11.3 Å². The lowest BCUT2D eigenvalue weighted by Gasteiger charge is -2.42. The fourth-order valence-electron chi connectivity index (χ4n) is 4.03. The summed E-state index contributed by atoms with van der Waals surface area (Å²) >= 11 is 1.62. The number of fused-ring (bicyclic) bond motifs is 2. The number of amides is 2. The molecule has 4 heterocycles. The Labute approximate surface area is 166 Å². The van der Waals surface area contributed by atoms with Crippen LogP contribution in [0, 0.1) is 6.92 Å². The number of thiazole rings is 1. The van der Waals surface area contributed by atoms with E-state index in [4.69, 9.17) is 4.98 Å². The van der Waals surface area contributed by atoms with E-state index in [9.17, 15) is 9.59 Å². The number of carbonyl (C=O) groups is 2. The highest BCUT2D eigenvalue weighted by atomic mass is 32.1. The highest BCUT2D eigenvalue weighted by molar-refractivity contribution is 7.15. The van der Waals surface area contributed by atoms with Crippen LogP contribution in [0.5, 0.6) is 0 Å². The predicted octanol–water partition coefficient (Wildman–Crippen LogP) is 1.51. The van der Waals surface area contributed by atoms with Gasteiger partial charge < -0.3 is 10.2 Å². The van der Waals surface area contributed by atoms with Crippen LogP contribution in [-0.4, -0.2) is 63.2 Å². The van der Waals surface area contributed by atoms with Crippen molar-refractivity contribution in [3.05, 3.63) is 47.1 Å². The van der Waals surface area contributed by atoms with Gasteiger partial charge in [0, 0.05) is 43.3 Å². The third kappa shape index (κ3) is 2.89. The van der Waals surface area contributed by atoms with E-state index in [1.165, 1.54) is 5.56 Å². The number of nitrogens with one attached hydrogen (secondary N) is 1. The van der Waals surface area contributed by atoms with Crippen LogP contribution in [0.25, 0.3) is 16.2 Å². The number of nitrogens with zero attached hydrogens (tertiary/aromatic N) is 4. The van der Waals surface area contributed by atoms with Gasteiger partial charge in [0.05, 0.1) is 17.9 Å². The van der Waals surface area contributed by atoms with Gasteiger partial charge in [0.2, 0.25) is 11.8 Å². The van der Waals surface area contributed by atoms with Crippen LogP contribution in [0.1, 0.15) is 11.3 Å². The van der Waals surface area contributed by atoms with Gasteiger partial charge in [-0.25, -0.2) is 4.98 Å². The molecule has 2 fully saturated rings. The Hall–Kier alpha value is -2.71. The number of hydrogen-bond acceptors (Lipinski definition) is 5. The molecule has 0 radical (unpaired) electrons. The van der Waals surface area contributed by atoms with Crippen LogP contribution in [0.2, 0.25) is 0 Å². The molecule has 1 N–H and O–H groups in total. The molecular formula is C20H21N5O2S. The smallest absolute Gasteiger partial charge is 0.244 e. The van der Waals surface area contributed by atoms with Crippen molar-refractivity contribution in [3.8, 4) is 11.3 Å². The normalized spacial score (nSPS) is 20.5. The molecule has 8 heteroatoms. The molecule has 28 heavy (non-hydrogen) atoms. The van der Waals surface area contributed by atoms with Crippen molar-refractivity contribution >= 4 is 28.1 Å². The number of carbonyl (C=O) groups excluding carboxylic acids is 2. The fraction of sp³-hybridized carbons (Fsp3) is 0.350. The molecular weight excluding hydrogens is 374 g/mol. The second-order valence-corrected chi connectivity index (χ2v) is 8.26. The fourth-order valence-corrected chi connectivity index (χ4v) is 4.76. The molecule has 0 aliphatic carbocycles. The summed E-state index contributed by atoms with van der Waals surface area (Å²) in [6.45, 7) is 4.76. The average molecular weight is 395 g/mol. The van der Waals surface area contributed by atoms with Crippen molar-refractivity contribution in [2.75, 3.05) is 26.2 Å². The molecule has 2 aromatic heterocycles. The summed E-state index contributed by atoms with van der Waals surface area (Å²) in [4.78, 5) is 34.1. The molecule has 0 bridgehead atoms. The van der Waals surface area contributed by atoms with Gasteiger partial charge in [0.15, 0.2) is 4.96 Å². The first-order valence-corrected chi connectivity index (χ1v) is 10.3. The molecule has 2 aliphatic heterocycles. The molecule has 7 nitrogen and oxygen atoms in total. The summed E-state index contributed by atoms with van der Waals surface area (Å²) in [5.74, 6) is -0.0498. The number of piperazine rings is 2. The van der Waals surface area contributed by atoms with Crippen LogP contribution in [0.4, 0.5) is 0 Å². The first-order valence-electron chi connectivity index (χ1n) is 9.41. The van der Waals surface area contributed by atoms with E-state index < -0.39 is 6.04 Å². The maximum absolute atomic E-state index is 12.3. The van der Waals surface area contributed by atoms with Gasteiger partial charge in [-0.05, 0) is 6.92 Å². The predicted molar refractivity (Wildman–Crippen MR) is 107 cm³/mol. The summed E-state index contributed by atoms with van der Waals surface area (Å²) in [6.07, 6.45) is 2.05. The monoisotopic (exact) mass is 395 g/mol. The van der Waals surface area contributed by atoms with Gasteiger partial charge in [-0.2, -0.15) is 0 Å². The maximum Gasteiger partial charge on any atom is 0.244 e. The standard InChI is InChI=1S/C20H21N5O2S/c1-13-2-4-14(5-3-13)18-15(25-8-9-28-20(25)22-18)11-23-6-7-24-16(12-23)19(27)21-10-17(24)26/h2-5,8-9,16H,6-7,10-12H2,1H3,(H,21,27). The molecule has 2 saturated heterocycles. The molecule has 5 rings (SSSR count). The van der Waals surface area contributed by atoms with Crippen molar-refractivity contribution in [2.24, 2.45) is 0 Å². The summed E-state index contributed by atoms with van der Waals surface area (Å²) in [5, 5.41) is 4.74. The Balaban J connectivity index is 1.46. The molecule has 1 unspecified atom stereocenters. The van der Waals surface area contributed by atoms with Crippen molar-refractivity contribution in [1.29, 1.82) is 0 Å². The number of imidazole rings is 1. The summed E-state index contributed by atoms with van der Waals surface area (Å²) in [5.41, 5.74) is 4.42. The Morgan fingerprint density at radius 2 is 2.04 bits per heavy atom. The van der Waals surface area contributed by atoms with E-state index in [2.05, 4.69) is 45.8 Å². The minimum absolute atomic E-state index is 0.00849. The van der Waals surface area contributed by atoms with E-state index in [0.29, 0.717) is 19.6 Å². The highest BCUT2D eigenvalue weighted by Crippen LogP contribution is 2.29. The zero-order valence-electron chi connectivity index (χ0n) is 15.6. The van der Waals surface area contributed by atoms with Crippen LogP contribution >= 0.6 is 11.3 Å². The van der Waals surface area contributed by atoms with E-state index >= 15 is 0 Å². The molecule has 1 aromatic carbocycles. The van der Waals surface area contributed by atoms with Crippen LogP contribution in [0.15, 0.2) is 35.8 Å². The number of benzene rings is 1. The van der Waals surface area contributed by atoms with Crippen molar-refractivity contribution in [2.45, 2.75) is 19.5 Å². The maximum atomic E-state index is 12.3. The number of rotatable bonds is 3. The van der Waals surface area contributed by atoms with E-state index in [1.54, 1.807) is 16.2 Å². The second kappa shape index (κ2) is 6.72. The Morgan fingerprint density at radius 3 is 2.86 bits per heavy atom. The highest BCUT2D eigenvalue weighted by Gasteiger charge is 2.38. The largest absolute Gasteiger partial charge is 0.345 e. The third-order valence-corrected chi connectivity index (χ3v) is 6.32. The van der Waals surface area contributed by atoms with Gasteiger partial charge in [0.1, 0.15) is 6.04 Å². The summed E-state index contributed by atoms with van der Waals surface area (Å²) < 4.78 is 2.14. The van der Waals surface area contributed by atoms with E-state index in [1.807, 2.05) is 11.6 Å². The lowest BCUT2D eigenvalue weighted by atomic mass is 10.1. The first kappa shape index (κ1) is 17.4. The van der Waals surface area contributed by atoms with Crippen molar-refractivity contribution < 1.29 is 9.59 Å². The second-order valence-electron chi connectivity index (χ2n) is 7.38. The summed E-state index contributed by atoms with van der Waals surface area (Å²) in [6, 6.07) is 8.02. The van der Waals surface area contributed by atoms with Crippen molar-refractivity contribution in [3.63, 3.8) is 0 Å². The van der Waals surface area contributed by atoms with E-state index in [-0.39, 0.29) is 18.4 Å². The van der Waals surface area contributed by atoms with Gasteiger partial charge in [-0.1, -0.05) is 29.8 Å². The number of aromatic nitrogens is 2. The average Bonchev–Trinajstić information content (AvgIpc) is 3.28. The van der Waals surface area contributed by atoms with Gasteiger partial charge in [-0.3, -0.25) is 18.9 Å². The van der Waals surface area contributed by atoms with Crippen LogP contribution in [0.3, 0.4) is 0 Å². The lowest BCUT2D eigenvalue weighted by molar-refractivity contribution is -0.149. The zero-order valence-corrected chi connectivity index (χ0v) is 16.4. The Bertz CT molecular complexity index is 1050. The van der Waals surface area contributed by atoms with Crippen LogP contribution < -0.4 is 5.32 Å². The van der Waals surface area contributed by atoms with Gasteiger partial charge >= 0.3 is 0 Å². The third-order valence-electron chi connectivity index (χ3n) is 5.56. The first-order chi connectivity index (χ1) is 13.6. The molecule has 2 amide bonds. The van der Waals surface area contributed by atoms with Crippen molar-refractivity contribution in [1.82, 2.24) is 24.5 Å². The SMILES string of the molecule is Cc1ccc(-c2nc3sccn3c2CN2CCN3C(=O)CNC(=O)C3C2)cc1. The minimum atomic E-state index is -0.399. The Kier molecular flexibility index (Phi) is 4.17.